The van der Waals surface area contributed by atoms with Crippen LogP contribution in [0.2, 0.25) is 0 Å². The molecule has 0 aliphatic rings. The second kappa shape index (κ2) is 46.8. The molecule has 0 aromatic carbocycles. The van der Waals surface area contributed by atoms with Crippen LogP contribution in [-0.4, -0.2) is 70.0 Å². The average molecular weight is 940 g/mol. The van der Waals surface area contributed by atoms with Gasteiger partial charge in [0.25, 0.3) is 7.82 Å². The largest absolute Gasteiger partial charge is 0.756 e. The molecule has 0 amide bonds. The Balaban J connectivity index is 4.24. The van der Waals surface area contributed by atoms with Gasteiger partial charge in [-0.3, -0.25) is 14.2 Å². The van der Waals surface area contributed by atoms with E-state index in [1.807, 2.05) is 21.1 Å². The maximum atomic E-state index is 12.7. The third-order valence-electron chi connectivity index (χ3n) is 10.3. The maximum Gasteiger partial charge on any atom is 0.306 e. The molecule has 0 saturated carbocycles. The van der Waals surface area contributed by atoms with E-state index in [0.29, 0.717) is 23.9 Å². The Kier molecular flexibility index (Phi) is 44.4. The lowest BCUT2D eigenvalue weighted by Gasteiger charge is -2.28. The van der Waals surface area contributed by atoms with E-state index in [9.17, 15) is 19.0 Å². The lowest BCUT2D eigenvalue weighted by atomic mass is 10.1. The smallest absolute Gasteiger partial charge is 0.306 e. The number of allylic oxidation sites excluding steroid dienone is 18. The van der Waals surface area contributed by atoms with E-state index in [4.69, 9.17) is 18.5 Å². The number of carbonyl (C=O) groups is 2. The number of carbonyl (C=O) groups excluding carboxylic acids is 2. The third-order valence-corrected chi connectivity index (χ3v) is 11.2. The predicted molar refractivity (Wildman–Crippen MR) is 277 cm³/mol. The van der Waals surface area contributed by atoms with Crippen LogP contribution in [0.15, 0.2) is 109 Å². The molecular weight excluding hydrogens is 846 g/mol. The minimum atomic E-state index is -4.64. The van der Waals surface area contributed by atoms with Crippen molar-refractivity contribution in [1.82, 2.24) is 0 Å². The van der Waals surface area contributed by atoms with Crippen LogP contribution in [-0.2, 0) is 32.7 Å². The van der Waals surface area contributed by atoms with Crippen LogP contribution in [0.3, 0.4) is 0 Å². The van der Waals surface area contributed by atoms with Gasteiger partial charge < -0.3 is 27.9 Å². The number of esters is 2. The van der Waals surface area contributed by atoms with Crippen molar-refractivity contribution in [3.05, 3.63) is 109 Å². The first kappa shape index (κ1) is 62.7. The fraction of sp³-hybridized carbons (Fsp3) is 0.643. The van der Waals surface area contributed by atoms with Crippen molar-refractivity contribution >= 4 is 19.8 Å². The van der Waals surface area contributed by atoms with E-state index >= 15 is 0 Å². The van der Waals surface area contributed by atoms with Crippen molar-refractivity contribution in [2.75, 3.05) is 47.5 Å². The number of unbranched alkanes of at least 4 members (excludes halogenated alkanes) is 13. The monoisotopic (exact) mass is 940 g/mol. The van der Waals surface area contributed by atoms with Gasteiger partial charge in [-0.15, -0.1) is 0 Å². The predicted octanol–water partition coefficient (Wildman–Crippen LogP) is 14.8. The van der Waals surface area contributed by atoms with Crippen LogP contribution in [0.1, 0.15) is 181 Å². The summed E-state index contributed by atoms with van der Waals surface area (Å²) in [6.45, 7) is 4.02. The summed E-state index contributed by atoms with van der Waals surface area (Å²) in [4.78, 5) is 37.6. The van der Waals surface area contributed by atoms with Gasteiger partial charge in [-0.2, -0.15) is 0 Å². The number of phosphoric acid groups is 1. The fourth-order valence-corrected chi connectivity index (χ4v) is 7.03. The quantitative estimate of drug-likeness (QED) is 0.0195. The first-order valence-corrected chi connectivity index (χ1v) is 27.1. The molecule has 9 nitrogen and oxygen atoms in total. The molecule has 0 N–H and O–H groups in total. The van der Waals surface area contributed by atoms with Gasteiger partial charge in [-0.1, -0.05) is 181 Å². The van der Waals surface area contributed by atoms with Crippen LogP contribution in [0, 0.1) is 0 Å². The summed E-state index contributed by atoms with van der Waals surface area (Å²) < 4.78 is 33.9. The van der Waals surface area contributed by atoms with Gasteiger partial charge in [0.2, 0.25) is 0 Å². The molecule has 0 aromatic rings. The van der Waals surface area contributed by atoms with Gasteiger partial charge in [-0.05, 0) is 96.3 Å². The molecule has 0 bridgehead atoms. The van der Waals surface area contributed by atoms with Gasteiger partial charge in [0.05, 0.1) is 27.7 Å². The number of phosphoric ester groups is 1. The molecule has 0 aliphatic heterocycles. The zero-order valence-corrected chi connectivity index (χ0v) is 43.2. The fourth-order valence-electron chi connectivity index (χ4n) is 6.30. The highest BCUT2D eigenvalue weighted by Gasteiger charge is 2.21. The number of quaternary nitrogens is 1. The molecule has 376 valence electrons. The van der Waals surface area contributed by atoms with E-state index in [0.717, 1.165) is 128 Å². The van der Waals surface area contributed by atoms with Gasteiger partial charge >= 0.3 is 11.9 Å². The van der Waals surface area contributed by atoms with E-state index in [1.54, 1.807) is 0 Å². The summed E-state index contributed by atoms with van der Waals surface area (Å²) in [5, 5.41) is 0. The van der Waals surface area contributed by atoms with E-state index < -0.39 is 32.5 Å². The molecule has 2 atom stereocenters. The van der Waals surface area contributed by atoms with Gasteiger partial charge in [0, 0.05) is 12.8 Å². The number of likely N-dealkylation sites (N-methyl/N-ethyl adjacent to an activating group) is 1. The summed E-state index contributed by atoms with van der Waals surface area (Å²) in [6.07, 6.45) is 64.2. The van der Waals surface area contributed by atoms with Crippen molar-refractivity contribution in [3.63, 3.8) is 0 Å². The SMILES string of the molecule is CC/C=C\C/C=C\C/C=C\C/C=C\C/C=C\C/C=C\C/C=C\C/C=C\CCCCCCCCC(=O)OC(COC(=O)CCCCCCC/C=C\CCCC)COP(=O)([O-])OCC[N+](C)(C)C. The average Bonchev–Trinajstić information content (AvgIpc) is 3.27. The minimum Gasteiger partial charge on any atom is -0.756 e. The molecular formula is C56H94NO8P. The molecule has 10 heteroatoms. The zero-order valence-electron chi connectivity index (χ0n) is 42.3. The Morgan fingerprint density at radius 3 is 1.30 bits per heavy atom. The number of ether oxygens (including phenoxy) is 2. The summed E-state index contributed by atoms with van der Waals surface area (Å²) in [5.41, 5.74) is 0. The molecule has 0 fully saturated rings. The van der Waals surface area contributed by atoms with Gasteiger partial charge in [0.15, 0.2) is 6.10 Å². The second-order valence-corrected chi connectivity index (χ2v) is 19.2. The van der Waals surface area contributed by atoms with Crippen molar-refractivity contribution in [2.24, 2.45) is 0 Å². The van der Waals surface area contributed by atoms with Crippen LogP contribution >= 0.6 is 7.82 Å². The summed E-state index contributed by atoms with van der Waals surface area (Å²) in [6, 6.07) is 0. The van der Waals surface area contributed by atoms with Crippen LogP contribution in [0.25, 0.3) is 0 Å². The Labute approximate surface area is 404 Å². The highest BCUT2D eigenvalue weighted by Crippen LogP contribution is 2.38. The molecule has 0 rings (SSSR count). The zero-order chi connectivity index (χ0) is 48.5. The van der Waals surface area contributed by atoms with Crippen molar-refractivity contribution < 1.29 is 42.1 Å². The molecule has 0 radical (unpaired) electrons. The Morgan fingerprint density at radius 2 is 0.864 bits per heavy atom. The lowest BCUT2D eigenvalue weighted by molar-refractivity contribution is -0.870. The van der Waals surface area contributed by atoms with E-state index in [2.05, 4.69) is 123 Å². The van der Waals surface area contributed by atoms with Crippen LogP contribution in [0.5, 0.6) is 0 Å². The molecule has 0 saturated heterocycles. The molecule has 0 aliphatic carbocycles. The lowest BCUT2D eigenvalue weighted by Crippen LogP contribution is -2.37. The highest BCUT2D eigenvalue weighted by molar-refractivity contribution is 7.45. The number of rotatable bonds is 45. The molecule has 0 spiro atoms. The molecule has 0 aromatic heterocycles. The summed E-state index contributed by atoms with van der Waals surface area (Å²) in [5.74, 6) is -0.873. The van der Waals surface area contributed by atoms with E-state index in [1.165, 1.54) is 12.8 Å². The number of hydrogen-bond donors (Lipinski definition) is 0. The number of nitrogens with zero attached hydrogens (tertiary/aromatic N) is 1. The summed E-state index contributed by atoms with van der Waals surface area (Å²) in [7, 11) is 1.13. The first-order valence-electron chi connectivity index (χ1n) is 25.6. The normalized spacial score (nSPS) is 14.3. The second-order valence-electron chi connectivity index (χ2n) is 17.8. The first-order chi connectivity index (χ1) is 32.0. The maximum absolute atomic E-state index is 12.7. The molecule has 0 heterocycles. The number of hydrogen-bond acceptors (Lipinski definition) is 8. The van der Waals surface area contributed by atoms with Gasteiger partial charge in [-0.25, -0.2) is 0 Å². The minimum absolute atomic E-state index is 0.0412. The topological polar surface area (TPSA) is 111 Å². The Morgan fingerprint density at radius 1 is 0.485 bits per heavy atom. The Hall–Kier alpha value is -3.33. The summed E-state index contributed by atoms with van der Waals surface area (Å²) >= 11 is 0. The van der Waals surface area contributed by atoms with Crippen molar-refractivity contribution in [2.45, 2.75) is 187 Å². The highest BCUT2D eigenvalue weighted by atomic mass is 31.2. The standard InChI is InChI=1S/C56H94NO8P/c1-6-8-10-12-14-16-18-19-20-21-22-23-24-25-26-27-28-29-30-31-32-33-34-35-36-37-39-41-43-45-47-49-56(59)65-54(53-64-66(60,61)63-51-50-57(3,4)5)52-62-55(58)48-46-44-42-40-38-17-15-13-11-9-7-2/h8,10,13-16,19-20,22-23,25-26,28-29,31-32,34-35,54H,6-7,9,11-12,17-18,21,24,27,30,33,36-53H2,1-5H3/b10-8-,15-13-,16-14-,20-19-,23-22-,26-25-,29-28-,32-31-,35-34-. The Bertz CT molecular complexity index is 1480. The van der Waals surface area contributed by atoms with Crippen molar-refractivity contribution in [1.29, 1.82) is 0 Å². The molecule has 66 heavy (non-hydrogen) atoms. The van der Waals surface area contributed by atoms with Crippen LogP contribution in [0.4, 0.5) is 0 Å². The van der Waals surface area contributed by atoms with Crippen molar-refractivity contribution in [3.8, 4) is 0 Å². The van der Waals surface area contributed by atoms with Crippen LogP contribution < -0.4 is 4.89 Å². The third kappa shape index (κ3) is 50.1. The van der Waals surface area contributed by atoms with E-state index in [-0.39, 0.29) is 26.1 Å². The van der Waals surface area contributed by atoms with Gasteiger partial charge in [0.1, 0.15) is 19.8 Å². The molecule has 2 unspecified atom stereocenters.